The molecule has 3 heterocycles. The molecule has 1 fully saturated rings. The number of H-pyrrole nitrogens is 1. The van der Waals surface area contributed by atoms with E-state index >= 15 is 0 Å². The van der Waals surface area contributed by atoms with Crippen molar-refractivity contribution < 1.29 is 15.1 Å². The third-order valence-electron chi connectivity index (χ3n) is 6.67. The zero-order valence-corrected chi connectivity index (χ0v) is 19.4. The second-order valence-corrected chi connectivity index (χ2v) is 8.89. The Morgan fingerprint density at radius 1 is 1.14 bits per heavy atom. The van der Waals surface area contributed by atoms with Gasteiger partial charge in [0, 0.05) is 63.0 Å². The fraction of sp³-hybridized carbons (Fsp3) is 0.591. The average molecular weight is 490 g/mol. The third kappa shape index (κ3) is 5.93. The summed E-state index contributed by atoms with van der Waals surface area (Å²) in [7, 11) is 0. The van der Waals surface area contributed by atoms with Crippen LogP contribution in [0.15, 0.2) is 27.9 Å². The van der Waals surface area contributed by atoms with E-state index in [1.54, 1.807) is 10.6 Å². The van der Waals surface area contributed by atoms with Crippen molar-refractivity contribution in [3.8, 4) is 0 Å². The van der Waals surface area contributed by atoms with Crippen molar-refractivity contribution in [1.29, 1.82) is 0 Å². The lowest BCUT2D eigenvalue weighted by atomic mass is 9.97. The van der Waals surface area contributed by atoms with Crippen LogP contribution in [-0.2, 0) is 19.4 Å². The second kappa shape index (κ2) is 11.1. The number of piperazine rings is 1. The molecule has 0 radical (unpaired) electrons. The van der Waals surface area contributed by atoms with E-state index in [1.165, 1.54) is 12.3 Å². The van der Waals surface area contributed by atoms with Crippen LogP contribution >= 0.6 is 0 Å². The van der Waals surface area contributed by atoms with E-state index in [0.29, 0.717) is 50.4 Å². The van der Waals surface area contributed by atoms with Crippen molar-refractivity contribution in [2.24, 2.45) is 0 Å². The van der Waals surface area contributed by atoms with Crippen LogP contribution in [0.2, 0.25) is 0 Å². The fourth-order valence-corrected chi connectivity index (χ4v) is 4.68. The van der Waals surface area contributed by atoms with Gasteiger partial charge in [-0.1, -0.05) is 0 Å². The van der Waals surface area contributed by atoms with Gasteiger partial charge in [0.25, 0.3) is 11.2 Å². The number of aliphatic hydroxyl groups is 2. The van der Waals surface area contributed by atoms with Gasteiger partial charge in [-0.25, -0.2) is 9.78 Å². The second-order valence-electron chi connectivity index (χ2n) is 8.89. The van der Waals surface area contributed by atoms with E-state index in [1.807, 2.05) is 9.80 Å². The minimum Gasteiger partial charge on any atom is -0.379 e. The lowest BCUT2D eigenvalue weighted by Crippen LogP contribution is -2.54. The maximum absolute atomic E-state index is 12.3. The van der Waals surface area contributed by atoms with Crippen LogP contribution in [0.3, 0.4) is 0 Å². The minimum atomic E-state index is -0.923. The predicted molar refractivity (Wildman–Crippen MR) is 127 cm³/mol. The molecule has 1 aliphatic carbocycles. The van der Waals surface area contributed by atoms with Gasteiger partial charge < -0.3 is 15.1 Å². The Balaban J connectivity index is 1.23. The summed E-state index contributed by atoms with van der Waals surface area (Å²) in [6, 6.07) is 3.04. The summed E-state index contributed by atoms with van der Waals surface area (Å²) in [4.78, 5) is 45.0. The van der Waals surface area contributed by atoms with Gasteiger partial charge in [0.1, 0.15) is 24.5 Å². The van der Waals surface area contributed by atoms with E-state index in [0.717, 1.165) is 18.5 Å². The molecule has 13 heteroatoms. The predicted octanol–water partition coefficient (Wildman–Crippen LogP) is -0.843. The summed E-state index contributed by atoms with van der Waals surface area (Å²) in [5.74, 6) is 0.651. The molecular formula is C22H31N7O6. The summed E-state index contributed by atoms with van der Waals surface area (Å²) in [5.41, 5.74) is 0.600. The van der Waals surface area contributed by atoms with Gasteiger partial charge in [0.05, 0.1) is 4.92 Å². The summed E-state index contributed by atoms with van der Waals surface area (Å²) in [5, 5.41) is 34.6. The molecule has 2 atom stereocenters. The summed E-state index contributed by atoms with van der Waals surface area (Å²) in [6.45, 7) is 2.75. The number of nitrogens with one attached hydrogen (secondary N) is 2. The van der Waals surface area contributed by atoms with Gasteiger partial charge in [-0.15, -0.1) is 0 Å². The lowest BCUT2D eigenvalue weighted by Gasteiger charge is -2.38. The van der Waals surface area contributed by atoms with Crippen LogP contribution in [0.4, 0.5) is 11.5 Å². The van der Waals surface area contributed by atoms with E-state index in [9.17, 15) is 29.9 Å². The van der Waals surface area contributed by atoms with Crippen molar-refractivity contribution in [2.45, 2.75) is 51.1 Å². The van der Waals surface area contributed by atoms with Crippen LogP contribution in [-0.4, -0.2) is 79.8 Å². The molecule has 2 aliphatic rings. The van der Waals surface area contributed by atoms with E-state index < -0.39 is 23.1 Å². The average Bonchev–Trinajstić information content (AvgIpc) is 2.87. The molecule has 0 bridgehead atoms. The molecule has 2 aromatic heterocycles. The highest BCUT2D eigenvalue weighted by Gasteiger charge is 2.24. The zero-order chi connectivity index (χ0) is 24.9. The van der Waals surface area contributed by atoms with Crippen LogP contribution < -0.4 is 21.5 Å². The molecule has 0 saturated carbocycles. The molecule has 35 heavy (non-hydrogen) atoms. The summed E-state index contributed by atoms with van der Waals surface area (Å²) in [6.07, 6.45) is 2.95. The number of aliphatic hydroxyl groups excluding tert-OH is 2. The highest BCUT2D eigenvalue weighted by atomic mass is 16.6. The zero-order valence-electron chi connectivity index (χ0n) is 19.4. The SMILES string of the molecule is O=c1[nH]c(=O)n(CCC(O)NCC(O)N2CCN(c3ccc([N+](=O)[O-])cn3)CC2)c2c1CCCC2. The van der Waals surface area contributed by atoms with Gasteiger partial charge in [-0.3, -0.25) is 34.7 Å². The van der Waals surface area contributed by atoms with E-state index in [-0.39, 0.29) is 30.8 Å². The number of rotatable bonds is 9. The van der Waals surface area contributed by atoms with Crippen LogP contribution in [0.25, 0.3) is 0 Å². The molecule has 2 aromatic rings. The Morgan fingerprint density at radius 3 is 2.57 bits per heavy atom. The van der Waals surface area contributed by atoms with Gasteiger partial charge in [0.15, 0.2) is 0 Å². The number of aromatic amines is 1. The van der Waals surface area contributed by atoms with Crippen molar-refractivity contribution in [3.05, 3.63) is 60.5 Å². The Kier molecular flexibility index (Phi) is 7.90. The van der Waals surface area contributed by atoms with Crippen LogP contribution in [0.1, 0.15) is 30.5 Å². The molecule has 4 N–H and O–H groups in total. The topological polar surface area (TPSA) is 170 Å². The normalized spacial score (nSPS) is 18.2. The smallest absolute Gasteiger partial charge is 0.328 e. The number of nitrogens with zero attached hydrogens (tertiary/aromatic N) is 5. The van der Waals surface area contributed by atoms with Gasteiger partial charge in [-0.05, 0) is 31.7 Å². The number of pyridine rings is 1. The van der Waals surface area contributed by atoms with E-state index in [4.69, 9.17) is 0 Å². The molecular weight excluding hydrogens is 458 g/mol. The maximum Gasteiger partial charge on any atom is 0.328 e. The number of hydrogen-bond acceptors (Lipinski definition) is 10. The molecule has 1 saturated heterocycles. The Morgan fingerprint density at radius 2 is 1.89 bits per heavy atom. The molecule has 0 aromatic carbocycles. The summed E-state index contributed by atoms with van der Waals surface area (Å²) >= 11 is 0. The first kappa shape index (κ1) is 25.0. The first-order chi connectivity index (χ1) is 16.8. The molecule has 4 rings (SSSR count). The van der Waals surface area contributed by atoms with Crippen molar-refractivity contribution in [3.63, 3.8) is 0 Å². The Hall–Kier alpha value is -3.13. The Labute approximate surface area is 201 Å². The highest BCUT2D eigenvalue weighted by molar-refractivity contribution is 5.43. The summed E-state index contributed by atoms with van der Waals surface area (Å²) < 4.78 is 1.54. The third-order valence-corrected chi connectivity index (χ3v) is 6.67. The minimum absolute atomic E-state index is 0.0576. The van der Waals surface area contributed by atoms with Gasteiger partial charge >= 0.3 is 5.69 Å². The number of aromatic nitrogens is 3. The van der Waals surface area contributed by atoms with Gasteiger partial charge in [-0.2, -0.15) is 0 Å². The molecule has 2 unspecified atom stereocenters. The van der Waals surface area contributed by atoms with Gasteiger partial charge in [0.2, 0.25) is 0 Å². The first-order valence-electron chi connectivity index (χ1n) is 11.9. The number of hydrogen-bond donors (Lipinski definition) is 4. The maximum atomic E-state index is 12.3. The van der Waals surface area contributed by atoms with Crippen molar-refractivity contribution in [2.75, 3.05) is 37.6 Å². The molecule has 0 amide bonds. The largest absolute Gasteiger partial charge is 0.379 e. The number of nitro groups is 1. The fourth-order valence-electron chi connectivity index (χ4n) is 4.68. The van der Waals surface area contributed by atoms with E-state index in [2.05, 4.69) is 15.3 Å². The quantitative estimate of drug-likeness (QED) is 0.198. The van der Waals surface area contributed by atoms with Crippen LogP contribution in [0, 0.1) is 10.1 Å². The monoisotopic (exact) mass is 489 g/mol. The Bertz CT molecular complexity index is 1140. The van der Waals surface area contributed by atoms with Crippen LogP contribution in [0.5, 0.6) is 0 Å². The molecule has 13 nitrogen and oxygen atoms in total. The number of anilines is 1. The highest BCUT2D eigenvalue weighted by Crippen LogP contribution is 2.18. The standard InChI is InChI=1S/C22H31N7O6/c30-19(7-8-28-17-4-2-1-3-16(17)21(32)25-22(28)33)24-14-20(31)27-11-9-26(10-12-27)18-6-5-15(13-23-18)29(34)35/h5-6,13,19-20,24,30-31H,1-4,7-12,14H2,(H,25,32,33). The molecule has 190 valence electrons. The molecule has 1 aliphatic heterocycles. The van der Waals surface area contributed by atoms with Crippen molar-refractivity contribution in [1.82, 2.24) is 24.8 Å². The lowest BCUT2D eigenvalue weighted by molar-refractivity contribution is -0.385. The first-order valence-corrected chi connectivity index (χ1v) is 11.9. The van der Waals surface area contributed by atoms with Crippen molar-refractivity contribution >= 4 is 11.5 Å². The molecule has 0 spiro atoms. The number of fused-ring (bicyclic) bond motifs is 1.